The highest BCUT2D eigenvalue weighted by atomic mass is 79.9. The molecule has 2 rings (SSSR count). The van der Waals surface area contributed by atoms with Crippen molar-refractivity contribution < 1.29 is 9.53 Å². The van der Waals surface area contributed by atoms with Crippen LogP contribution in [0.1, 0.15) is 13.3 Å². The van der Waals surface area contributed by atoms with E-state index in [-0.39, 0.29) is 5.92 Å². The molecule has 0 radical (unpaired) electrons. The number of anilines is 1. The number of rotatable bonds is 2. The van der Waals surface area contributed by atoms with Crippen LogP contribution in [0.2, 0.25) is 0 Å². The van der Waals surface area contributed by atoms with E-state index < -0.39 is 0 Å². The number of carbonyl (C=O) groups is 1. The molecule has 1 unspecified atom stereocenters. The number of hydrogen-bond acceptors (Lipinski definition) is 3. The molecule has 1 aromatic carbocycles. The first kappa shape index (κ1) is 12.4. The summed E-state index contributed by atoms with van der Waals surface area (Å²) >= 11 is 3.48. The molecule has 3 nitrogen and oxygen atoms in total. The number of ether oxygens (including phenoxy) is 1. The van der Waals surface area contributed by atoms with Crippen molar-refractivity contribution in [2.75, 3.05) is 25.1 Å². The molecule has 1 aliphatic rings. The monoisotopic (exact) mass is 297 g/mol. The fourth-order valence-electron chi connectivity index (χ4n) is 2.10. The van der Waals surface area contributed by atoms with Crippen molar-refractivity contribution in [2.45, 2.75) is 13.3 Å². The lowest BCUT2D eigenvalue weighted by molar-refractivity contribution is -0.122. The molecule has 1 aromatic rings. The zero-order valence-electron chi connectivity index (χ0n) is 10.1. The van der Waals surface area contributed by atoms with Crippen molar-refractivity contribution in [2.24, 2.45) is 5.92 Å². The van der Waals surface area contributed by atoms with Crippen LogP contribution in [0.25, 0.3) is 0 Å². The first-order valence-electron chi connectivity index (χ1n) is 5.73. The molecular weight excluding hydrogens is 282 g/mol. The predicted octanol–water partition coefficient (Wildman–Crippen LogP) is 2.87. The summed E-state index contributed by atoms with van der Waals surface area (Å²) in [5.41, 5.74) is 1.14. The number of ketones is 1. The lowest BCUT2D eigenvalue weighted by atomic mass is 9.98. The molecular formula is C13H16BrNO2. The molecule has 4 heteroatoms. The van der Waals surface area contributed by atoms with E-state index in [2.05, 4.69) is 20.8 Å². The van der Waals surface area contributed by atoms with Gasteiger partial charge in [0.25, 0.3) is 0 Å². The van der Waals surface area contributed by atoms with Gasteiger partial charge in [-0.05, 0) is 34.1 Å². The molecule has 0 aromatic heterocycles. The number of methoxy groups -OCH3 is 1. The maximum absolute atomic E-state index is 11.5. The van der Waals surface area contributed by atoms with Crippen molar-refractivity contribution in [1.82, 2.24) is 0 Å². The number of hydrogen-bond donors (Lipinski definition) is 0. The Morgan fingerprint density at radius 2 is 2.24 bits per heavy atom. The Balaban J connectivity index is 2.18. The lowest BCUT2D eigenvalue weighted by Gasteiger charge is -2.32. The zero-order chi connectivity index (χ0) is 12.4. The summed E-state index contributed by atoms with van der Waals surface area (Å²) in [5, 5.41) is 0. The van der Waals surface area contributed by atoms with Crippen molar-refractivity contribution in [3.63, 3.8) is 0 Å². The van der Waals surface area contributed by atoms with Crippen molar-refractivity contribution in [3.8, 4) is 5.75 Å². The molecule has 0 N–H and O–H groups in total. The van der Waals surface area contributed by atoms with Gasteiger partial charge in [0.15, 0.2) is 0 Å². The maximum Gasteiger partial charge on any atom is 0.139 e. The number of benzene rings is 1. The van der Waals surface area contributed by atoms with Crippen LogP contribution in [-0.4, -0.2) is 26.0 Å². The van der Waals surface area contributed by atoms with E-state index in [0.29, 0.717) is 12.2 Å². The van der Waals surface area contributed by atoms with Crippen LogP contribution in [0.3, 0.4) is 0 Å². The first-order valence-corrected chi connectivity index (χ1v) is 6.52. The molecule has 0 amide bonds. The summed E-state index contributed by atoms with van der Waals surface area (Å²) in [6.07, 6.45) is 0.644. The molecule has 0 saturated carbocycles. The van der Waals surface area contributed by atoms with Gasteiger partial charge in [-0.1, -0.05) is 6.92 Å². The van der Waals surface area contributed by atoms with Crippen molar-refractivity contribution in [1.29, 1.82) is 0 Å². The Morgan fingerprint density at radius 3 is 2.82 bits per heavy atom. The summed E-state index contributed by atoms with van der Waals surface area (Å²) in [6, 6.07) is 6.02. The predicted molar refractivity (Wildman–Crippen MR) is 71.7 cm³/mol. The molecule has 1 saturated heterocycles. The summed E-state index contributed by atoms with van der Waals surface area (Å²) in [5.74, 6) is 1.33. The minimum atomic E-state index is 0.129. The van der Waals surface area contributed by atoms with Crippen LogP contribution >= 0.6 is 15.9 Å². The van der Waals surface area contributed by atoms with E-state index in [0.717, 1.165) is 29.0 Å². The van der Waals surface area contributed by atoms with Gasteiger partial charge in [-0.3, -0.25) is 4.79 Å². The van der Waals surface area contributed by atoms with Crippen LogP contribution in [0, 0.1) is 5.92 Å². The Hall–Kier alpha value is -1.03. The number of piperidine rings is 1. The van der Waals surface area contributed by atoms with Crippen molar-refractivity contribution >= 4 is 27.4 Å². The standard InChI is InChI=1S/C13H16BrNO2/c1-9-8-15(6-5-12(9)16)10-3-4-13(17-2)11(14)7-10/h3-4,7,9H,5-6,8H2,1-2H3. The Kier molecular flexibility index (Phi) is 3.72. The lowest BCUT2D eigenvalue weighted by Crippen LogP contribution is -2.39. The van der Waals surface area contributed by atoms with Gasteiger partial charge in [-0.25, -0.2) is 0 Å². The normalized spacial score (nSPS) is 20.5. The number of nitrogens with zero attached hydrogens (tertiary/aromatic N) is 1. The summed E-state index contributed by atoms with van der Waals surface area (Å²) in [7, 11) is 1.65. The summed E-state index contributed by atoms with van der Waals surface area (Å²) < 4.78 is 6.15. The third-order valence-electron chi connectivity index (χ3n) is 3.17. The highest BCUT2D eigenvalue weighted by molar-refractivity contribution is 9.10. The van der Waals surface area contributed by atoms with Crippen molar-refractivity contribution in [3.05, 3.63) is 22.7 Å². The van der Waals surface area contributed by atoms with Crippen LogP contribution in [0.4, 0.5) is 5.69 Å². The highest BCUT2D eigenvalue weighted by Gasteiger charge is 2.23. The SMILES string of the molecule is COc1ccc(N2CCC(=O)C(C)C2)cc1Br. The zero-order valence-corrected chi connectivity index (χ0v) is 11.7. The van der Waals surface area contributed by atoms with Gasteiger partial charge in [-0.2, -0.15) is 0 Å². The molecule has 1 fully saturated rings. The quantitative estimate of drug-likeness (QED) is 0.841. The number of Topliss-reactive ketones (excluding diaryl/α,β-unsaturated/α-hetero) is 1. The van der Waals surface area contributed by atoms with Gasteiger partial charge >= 0.3 is 0 Å². The topological polar surface area (TPSA) is 29.5 Å². The molecule has 1 heterocycles. The minimum Gasteiger partial charge on any atom is -0.496 e. The van der Waals surface area contributed by atoms with Crippen LogP contribution in [-0.2, 0) is 4.79 Å². The smallest absolute Gasteiger partial charge is 0.139 e. The number of halogens is 1. The Bertz CT molecular complexity index is 433. The average Bonchev–Trinajstić information content (AvgIpc) is 2.32. The molecule has 0 spiro atoms. The second-order valence-corrected chi connectivity index (χ2v) is 5.24. The third-order valence-corrected chi connectivity index (χ3v) is 3.79. The molecule has 0 aliphatic carbocycles. The molecule has 0 bridgehead atoms. The highest BCUT2D eigenvalue weighted by Crippen LogP contribution is 2.31. The molecule has 1 aliphatic heterocycles. The van der Waals surface area contributed by atoms with Crippen LogP contribution in [0.5, 0.6) is 5.75 Å². The third kappa shape index (κ3) is 2.63. The van der Waals surface area contributed by atoms with Crippen LogP contribution in [0.15, 0.2) is 22.7 Å². The van der Waals surface area contributed by atoms with Gasteiger partial charge in [-0.15, -0.1) is 0 Å². The Morgan fingerprint density at radius 1 is 1.47 bits per heavy atom. The second-order valence-electron chi connectivity index (χ2n) is 4.38. The maximum atomic E-state index is 11.5. The molecule has 17 heavy (non-hydrogen) atoms. The first-order chi connectivity index (χ1) is 8.11. The van der Waals surface area contributed by atoms with Gasteiger partial charge < -0.3 is 9.64 Å². The average molecular weight is 298 g/mol. The fraction of sp³-hybridized carbons (Fsp3) is 0.462. The van der Waals surface area contributed by atoms with E-state index in [1.807, 2.05) is 25.1 Å². The fourth-order valence-corrected chi connectivity index (χ4v) is 2.63. The minimum absolute atomic E-state index is 0.129. The van der Waals surface area contributed by atoms with E-state index in [1.165, 1.54) is 0 Å². The van der Waals surface area contributed by atoms with Gasteiger partial charge in [0.05, 0.1) is 11.6 Å². The van der Waals surface area contributed by atoms with Crippen LogP contribution < -0.4 is 9.64 Å². The summed E-state index contributed by atoms with van der Waals surface area (Å²) in [4.78, 5) is 13.7. The van der Waals surface area contributed by atoms with Gasteiger partial charge in [0, 0.05) is 31.1 Å². The summed E-state index contributed by atoms with van der Waals surface area (Å²) in [6.45, 7) is 3.60. The van der Waals surface area contributed by atoms with Gasteiger partial charge in [0.2, 0.25) is 0 Å². The second kappa shape index (κ2) is 5.08. The van der Waals surface area contributed by atoms with E-state index in [9.17, 15) is 4.79 Å². The largest absolute Gasteiger partial charge is 0.496 e. The molecule has 1 atom stereocenters. The van der Waals surface area contributed by atoms with Gasteiger partial charge in [0.1, 0.15) is 11.5 Å². The molecule has 92 valence electrons. The van der Waals surface area contributed by atoms with E-state index in [1.54, 1.807) is 7.11 Å². The van der Waals surface area contributed by atoms with E-state index in [4.69, 9.17) is 4.74 Å². The number of carbonyl (C=O) groups excluding carboxylic acids is 1. The van der Waals surface area contributed by atoms with E-state index >= 15 is 0 Å². The Labute approximate surface area is 110 Å².